The summed E-state index contributed by atoms with van der Waals surface area (Å²) in [6.07, 6.45) is 0. The van der Waals surface area contributed by atoms with E-state index in [1.54, 1.807) is 0 Å². The molecule has 2 aromatic carbocycles. The van der Waals surface area contributed by atoms with Crippen molar-refractivity contribution in [2.75, 3.05) is 0 Å². The molecule has 18 heavy (non-hydrogen) atoms. The van der Waals surface area contributed by atoms with Gasteiger partial charge in [0.25, 0.3) is 0 Å². The van der Waals surface area contributed by atoms with Crippen LogP contribution >= 0.6 is 0 Å². The van der Waals surface area contributed by atoms with Crippen molar-refractivity contribution in [3.63, 3.8) is 0 Å². The van der Waals surface area contributed by atoms with Crippen LogP contribution in [0.5, 0.6) is 0 Å². The van der Waals surface area contributed by atoms with Crippen molar-refractivity contribution in [3.05, 3.63) is 70.8 Å². The third kappa shape index (κ3) is 3.99. The lowest BCUT2D eigenvalue weighted by molar-refractivity contribution is -0.313. The normalized spacial score (nSPS) is 10.6. The second-order valence-corrected chi connectivity index (χ2v) is 4.50. The van der Waals surface area contributed by atoms with Gasteiger partial charge in [0, 0.05) is 0 Å². The number of aryl methyl sites for hydroxylation is 2. The zero-order valence-corrected chi connectivity index (χ0v) is 10.8. The molecule has 2 nitrogen and oxygen atoms in total. The van der Waals surface area contributed by atoms with E-state index in [4.69, 9.17) is 9.78 Å². The van der Waals surface area contributed by atoms with E-state index >= 15 is 0 Å². The molecule has 0 aliphatic carbocycles. The minimum atomic E-state index is 0.478. The van der Waals surface area contributed by atoms with E-state index in [-0.39, 0.29) is 0 Å². The van der Waals surface area contributed by atoms with Crippen LogP contribution in [0.4, 0.5) is 0 Å². The van der Waals surface area contributed by atoms with Crippen LogP contribution in [-0.4, -0.2) is 0 Å². The zero-order valence-electron chi connectivity index (χ0n) is 10.8. The van der Waals surface area contributed by atoms with Crippen LogP contribution in [0.1, 0.15) is 22.3 Å². The summed E-state index contributed by atoms with van der Waals surface area (Å²) >= 11 is 0. The van der Waals surface area contributed by atoms with Crippen LogP contribution in [0.15, 0.2) is 48.5 Å². The maximum Gasteiger partial charge on any atom is 0.107 e. The lowest BCUT2D eigenvalue weighted by Gasteiger charge is -2.05. The Morgan fingerprint density at radius 2 is 0.944 bits per heavy atom. The molecule has 0 aliphatic heterocycles. The van der Waals surface area contributed by atoms with Gasteiger partial charge in [-0.2, -0.15) is 0 Å². The predicted molar refractivity (Wildman–Crippen MR) is 71.9 cm³/mol. The first-order chi connectivity index (χ1) is 8.74. The average Bonchev–Trinajstić information content (AvgIpc) is 2.39. The second-order valence-electron chi connectivity index (χ2n) is 4.50. The lowest BCUT2D eigenvalue weighted by atomic mass is 10.2. The van der Waals surface area contributed by atoms with E-state index in [0.29, 0.717) is 13.2 Å². The largest absolute Gasteiger partial charge is 0.232 e. The van der Waals surface area contributed by atoms with Crippen molar-refractivity contribution >= 4 is 0 Å². The fourth-order valence-electron chi connectivity index (χ4n) is 1.59. The summed E-state index contributed by atoms with van der Waals surface area (Å²) in [7, 11) is 0. The van der Waals surface area contributed by atoms with E-state index in [1.807, 2.05) is 24.3 Å². The molecule has 0 amide bonds. The van der Waals surface area contributed by atoms with Crippen molar-refractivity contribution in [3.8, 4) is 0 Å². The Labute approximate surface area is 108 Å². The molecule has 0 bridgehead atoms. The first-order valence-electron chi connectivity index (χ1n) is 6.09. The van der Waals surface area contributed by atoms with Gasteiger partial charge in [-0.25, -0.2) is 9.78 Å². The number of hydrogen-bond donors (Lipinski definition) is 0. The second kappa shape index (κ2) is 6.34. The molecule has 2 aromatic rings. The topological polar surface area (TPSA) is 18.5 Å². The van der Waals surface area contributed by atoms with Gasteiger partial charge >= 0.3 is 0 Å². The van der Waals surface area contributed by atoms with Crippen LogP contribution in [0.3, 0.4) is 0 Å². The summed E-state index contributed by atoms with van der Waals surface area (Å²) < 4.78 is 0. The van der Waals surface area contributed by atoms with E-state index in [0.717, 1.165) is 11.1 Å². The van der Waals surface area contributed by atoms with Gasteiger partial charge in [-0.1, -0.05) is 59.7 Å². The predicted octanol–water partition coefficient (Wildman–Crippen LogP) is 3.95. The molecule has 2 rings (SSSR count). The average molecular weight is 242 g/mol. The minimum absolute atomic E-state index is 0.478. The summed E-state index contributed by atoms with van der Waals surface area (Å²) in [5, 5.41) is 0. The molecule has 0 saturated carbocycles. The van der Waals surface area contributed by atoms with Crippen molar-refractivity contribution in [2.45, 2.75) is 27.1 Å². The summed E-state index contributed by atoms with van der Waals surface area (Å²) in [5.41, 5.74) is 4.73. The monoisotopic (exact) mass is 242 g/mol. The summed E-state index contributed by atoms with van der Waals surface area (Å²) in [6, 6.07) is 16.5. The first kappa shape index (κ1) is 12.8. The fraction of sp³-hybridized carbons (Fsp3) is 0.250. The summed E-state index contributed by atoms with van der Waals surface area (Å²) in [4.78, 5) is 10.4. The van der Waals surface area contributed by atoms with E-state index in [1.165, 1.54) is 11.1 Å². The van der Waals surface area contributed by atoms with Gasteiger partial charge < -0.3 is 0 Å². The Bertz CT molecular complexity index is 424. The minimum Gasteiger partial charge on any atom is -0.232 e. The maximum atomic E-state index is 5.19. The van der Waals surface area contributed by atoms with Crippen molar-refractivity contribution in [2.24, 2.45) is 0 Å². The fourth-order valence-corrected chi connectivity index (χ4v) is 1.59. The first-order valence-corrected chi connectivity index (χ1v) is 6.09. The maximum absolute atomic E-state index is 5.19. The third-order valence-electron chi connectivity index (χ3n) is 2.78. The van der Waals surface area contributed by atoms with E-state index in [9.17, 15) is 0 Å². The highest BCUT2D eigenvalue weighted by Gasteiger charge is 1.96. The Morgan fingerprint density at radius 1 is 0.611 bits per heavy atom. The molecular formula is C16H18O2. The Kier molecular flexibility index (Phi) is 4.51. The van der Waals surface area contributed by atoms with Gasteiger partial charge in [0.2, 0.25) is 0 Å². The smallest absolute Gasteiger partial charge is 0.107 e. The molecule has 0 N–H and O–H groups in total. The highest BCUT2D eigenvalue weighted by atomic mass is 17.2. The molecule has 0 fully saturated rings. The van der Waals surface area contributed by atoms with Crippen LogP contribution in [-0.2, 0) is 23.0 Å². The van der Waals surface area contributed by atoms with Gasteiger partial charge in [-0.05, 0) is 25.0 Å². The Hall–Kier alpha value is -1.64. The van der Waals surface area contributed by atoms with Crippen molar-refractivity contribution in [1.29, 1.82) is 0 Å². The molecule has 94 valence electrons. The van der Waals surface area contributed by atoms with Crippen LogP contribution < -0.4 is 0 Å². The van der Waals surface area contributed by atoms with Crippen LogP contribution in [0, 0.1) is 13.8 Å². The Morgan fingerprint density at radius 3 is 1.28 bits per heavy atom. The molecule has 0 unspecified atom stereocenters. The molecule has 0 atom stereocenters. The Balaban J connectivity index is 1.73. The van der Waals surface area contributed by atoms with E-state index in [2.05, 4.69) is 38.1 Å². The molecule has 0 aromatic heterocycles. The van der Waals surface area contributed by atoms with E-state index < -0.39 is 0 Å². The summed E-state index contributed by atoms with van der Waals surface area (Å²) in [5.74, 6) is 0. The van der Waals surface area contributed by atoms with Gasteiger partial charge in [0.15, 0.2) is 0 Å². The number of benzene rings is 2. The SMILES string of the molecule is Cc1ccc(COOCc2ccc(C)cc2)cc1. The highest BCUT2D eigenvalue weighted by molar-refractivity contribution is 5.21. The molecule has 2 heteroatoms. The van der Waals surface area contributed by atoms with Crippen molar-refractivity contribution in [1.82, 2.24) is 0 Å². The van der Waals surface area contributed by atoms with Crippen LogP contribution in [0.25, 0.3) is 0 Å². The molecule has 0 heterocycles. The molecule has 0 spiro atoms. The number of hydrogen-bond acceptors (Lipinski definition) is 2. The van der Waals surface area contributed by atoms with Gasteiger partial charge in [-0.3, -0.25) is 0 Å². The van der Waals surface area contributed by atoms with Gasteiger partial charge in [0.1, 0.15) is 13.2 Å². The molecule has 0 radical (unpaired) electrons. The van der Waals surface area contributed by atoms with Gasteiger partial charge in [0.05, 0.1) is 0 Å². The quantitative estimate of drug-likeness (QED) is 0.449. The highest BCUT2D eigenvalue weighted by Crippen LogP contribution is 2.07. The van der Waals surface area contributed by atoms with Crippen LogP contribution in [0.2, 0.25) is 0 Å². The zero-order chi connectivity index (χ0) is 12.8. The summed E-state index contributed by atoms with van der Waals surface area (Å²) in [6.45, 7) is 5.09. The standard InChI is InChI=1S/C16H18O2/c1-13-3-7-15(8-4-13)11-17-18-12-16-9-5-14(2)6-10-16/h3-10H,11-12H2,1-2H3. The van der Waals surface area contributed by atoms with Gasteiger partial charge in [-0.15, -0.1) is 0 Å². The molecular weight excluding hydrogens is 224 g/mol. The van der Waals surface area contributed by atoms with Crippen molar-refractivity contribution < 1.29 is 9.78 Å². The molecule has 0 saturated heterocycles. The third-order valence-corrected chi connectivity index (χ3v) is 2.78. The lowest BCUT2D eigenvalue weighted by Crippen LogP contribution is -1.96. The number of rotatable bonds is 5. The molecule has 0 aliphatic rings.